The van der Waals surface area contributed by atoms with Crippen molar-refractivity contribution in [2.24, 2.45) is 11.8 Å². The molecule has 2 unspecified atom stereocenters. The number of Topliss-reactive ketones (excluding diaryl/α,β-unsaturated/α-hetero) is 4. The van der Waals surface area contributed by atoms with Gasteiger partial charge in [-0.1, -0.05) is 110 Å². The number of benzene rings is 3. The Balaban J connectivity index is 0. The Bertz CT molecular complexity index is 2390. The van der Waals surface area contributed by atoms with Gasteiger partial charge in [0.15, 0.2) is 17.3 Å². The maximum Gasteiger partial charge on any atom is 0.264 e. The summed E-state index contributed by atoms with van der Waals surface area (Å²) in [5.74, 6) is -0.791. The van der Waals surface area contributed by atoms with Crippen LogP contribution in [0.2, 0.25) is 0 Å². The van der Waals surface area contributed by atoms with Gasteiger partial charge in [-0.05, 0) is 137 Å². The van der Waals surface area contributed by atoms with Crippen molar-refractivity contribution in [3.63, 3.8) is 0 Å². The van der Waals surface area contributed by atoms with Crippen molar-refractivity contribution in [2.45, 2.75) is 142 Å². The summed E-state index contributed by atoms with van der Waals surface area (Å²) >= 11 is 0. The van der Waals surface area contributed by atoms with Gasteiger partial charge in [0.25, 0.3) is 10.1 Å². The fourth-order valence-electron chi connectivity index (χ4n) is 5.34. The van der Waals surface area contributed by atoms with Gasteiger partial charge in [0.1, 0.15) is 5.78 Å². The van der Waals surface area contributed by atoms with Gasteiger partial charge in [0, 0.05) is 45.6 Å². The number of hydrogen-bond donors (Lipinski definition) is 1. The van der Waals surface area contributed by atoms with Gasteiger partial charge in [0.2, 0.25) is 9.05 Å². The predicted octanol–water partition coefficient (Wildman–Crippen LogP) is 13.0. The average Bonchev–Trinajstić information content (AvgIpc) is 3.20. The molecule has 2 atom stereocenters. The normalized spacial score (nSPS) is 12.0. The van der Waals surface area contributed by atoms with Crippen molar-refractivity contribution in [1.82, 2.24) is 0 Å². The van der Waals surface area contributed by atoms with Crippen molar-refractivity contribution in [2.75, 3.05) is 12.5 Å². The molecule has 0 aliphatic carbocycles. The third-order valence-corrected chi connectivity index (χ3v) is 11.4. The third-order valence-electron chi connectivity index (χ3n) is 10.7. The van der Waals surface area contributed by atoms with Crippen LogP contribution in [0.5, 0.6) is 0 Å². The van der Waals surface area contributed by atoms with Crippen LogP contribution < -0.4 is 0 Å². The van der Waals surface area contributed by atoms with Crippen molar-refractivity contribution in [1.29, 1.82) is 0 Å². The predicted molar refractivity (Wildman–Crippen MR) is 276 cm³/mol. The standard InChI is InChI=1S/C18H26O4S.C17H24O2.C14H18O.C3H6O.CH3ClO2S/c1-12(2)13(3)15-8-10-16(11-9-15)17(19)14(4)18(5,6)22-23(7,20)21;1-11(2)12(3)14-7-9-15(10-8-14)16(18)13(4)17(5,6)19;1-5-14(15)13-8-6-12(7-9-13)11(4)10(2)3;1-3(2)4;1-5(2,3)4/h8-11,14H,1-7H3;7-10,13,19H,1-6H3;6-9H,5H2,1-4H3;1-2H3;1H3. The number of halogens is 1. The highest BCUT2D eigenvalue weighted by atomic mass is 35.7. The van der Waals surface area contributed by atoms with Crippen LogP contribution in [0.1, 0.15) is 179 Å². The Labute approximate surface area is 402 Å². The maximum atomic E-state index is 12.6. The van der Waals surface area contributed by atoms with Crippen LogP contribution in [-0.4, -0.2) is 68.8 Å². The minimum atomic E-state index is -3.63. The number of carbonyl (C=O) groups excluding carboxylic acids is 4. The van der Waals surface area contributed by atoms with E-state index >= 15 is 0 Å². The summed E-state index contributed by atoms with van der Waals surface area (Å²) in [5.41, 5.74) is 10.8. The zero-order valence-corrected chi connectivity index (χ0v) is 45.5. The van der Waals surface area contributed by atoms with Crippen LogP contribution >= 0.6 is 10.7 Å². The Hall–Kier alpha value is -4.33. The second-order valence-electron chi connectivity index (χ2n) is 18.2. The van der Waals surface area contributed by atoms with E-state index in [2.05, 4.69) is 52.2 Å². The lowest BCUT2D eigenvalue weighted by atomic mass is 9.85. The molecule has 368 valence electrons. The fraction of sp³-hybridized carbons (Fsp3) is 0.472. The molecule has 3 aromatic rings. The Morgan fingerprint density at radius 2 is 0.758 bits per heavy atom. The van der Waals surface area contributed by atoms with Crippen molar-refractivity contribution >= 4 is 69.7 Å². The lowest BCUT2D eigenvalue weighted by molar-refractivity contribution is -0.115. The van der Waals surface area contributed by atoms with Gasteiger partial charge in [0.05, 0.1) is 23.7 Å². The number of carbonyl (C=O) groups is 4. The summed E-state index contributed by atoms with van der Waals surface area (Å²) in [5, 5.41) is 9.91. The molecule has 3 rings (SSSR count). The highest BCUT2D eigenvalue weighted by Gasteiger charge is 2.36. The highest BCUT2D eigenvalue weighted by molar-refractivity contribution is 8.13. The first-order chi connectivity index (χ1) is 29.8. The molecule has 0 saturated heterocycles. The van der Waals surface area contributed by atoms with Gasteiger partial charge < -0.3 is 9.90 Å². The largest absolute Gasteiger partial charge is 0.390 e. The van der Waals surface area contributed by atoms with Crippen molar-refractivity contribution in [3.8, 4) is 0 Å². The van der Waals surface area contributed by atoms with E-state index in [-0.39, 0.29) is 23.1 Å². The van der Waals surface area contributed by atoms with E-state index in [1.165, 1.54) is 52.8 Å². The monoisotopic (exact) mass is 972 g/mol. The molecular formula is C53H77ClO10S2. The quantitative estimate of drug-likeness (QED) is 0.0989. The SMILES string of the molecule is CC(C)=C(C)c1ccc(C(=O)C(C)C(C)(C)O)cc1.CC(C)=C(C)c1ccc(C(=O)C(C)C(C)(C)OS(C)(=O)=O)cc1.CC(C)=O.CCC(=O)c1ccc(C(C)=C(C)C)cc1.CS(=O)(=O)Cl. The summed E-state index contributed by atoms with van der Waals surface area (Å²) in [4.78, 5) is 45.7. The second-order valence-corrected chi connectivity index (χ2v) is 22.8. The van der Waals surface area contributed by atoms with E-state index in [1.807, 2.05) is 88.4 Å². The van der Waals surface area contributed by atoms with Crippen LogP contribution in [0.25, 0.3) is 16.7 Å². The average molecular weight is 974 g/mol. The van der Waals surface area contributed by atoms with Gasteiger partial charge in [-0.2, -0.15) is 8.42 Å². The molecule has 1 N–H and O–H groups in total. The number of aliphatic hydroxyl groups is 1. The molecule has 0 amide bonds. The van der Waals surface area contributed by atoms with Gasteiger partial charge in [-0.25, -0.2) is 8.42 Å². The van der Waals surface area contributed by atoms with Crippen LogP contribution in [0.15, 0.2) is 89.5 Å². The number of hydrogen-bond acceptors (Lipinski definition) is 10. The minimum absolute atomic E-state index is 0.0195. The van der Waals surface area contributed by atoms with E-state index in [0.29, 0.717) is 17.5 Å². The molecule has 0 fully saturated rings. The third kappa shape index (κ3) is 25.5. The van der Waals surface area contributed by atoms with Crippen LogP contribution in [0, 0.1) is 11.8 Å². The lowest BCUT2D eigenvalue weighted by Gasteiger charge is -2.29. The van der Waals surface area contributed by atoms with Gasteiger partial charge in [-0.15, -0.1) is 0 Å². The fourth-order valence-corrected chi connectivity index (χ4v) is 6.27. The number of rotatable bonds is 13. The van der Waals surface area contributed by atoms with E-state index < -0.39 is 42.2 Å². The molecule has 0 aliphatic heterocycles. The molecule has 0 spiro atoms. The molecule has 0 saturated carbocycles. The van der Waals surface area contributed by atoms with Crippen LogP contribution in [-0.2, 0) is 28.1 Å². The summed E-state index contributed by atoms with van der Waals surface area (Å²) in [7, 11) is -2.32. The molecule has 10 nitrogen and oxygen atoms in total. The molecule has 0 aromatic heterocycles. The Morgan fingerprint density at radius 1 is 0.530 bits per heavy atom. The zero-order chi connectivity index (χ0) is 52.3. The number of allylic oxidation sites excluding steroid dienone is 6. The Kier molecular flexibility index (Phi) is 27.1. The van der Waals surface area contributed by atoms with E-state index in [0.717, 1.165) is 29.2 Å². The zero-order valence-electron chi connectivity index (χ0n) is 43.1. The van der Waals surface area contributed by atoms with E-state index in [4.69, 9.17) is 4.18 Å². The second kappa shape index (κ2) is 28.1. The molecule has 0 heterocycles. The van der Waals surface area contributed by atoms with Crippen LogP contribution in [0.3, 0.4) is 0 Å². The van der Waals surface area contributed by atoms with Gasteiger partial charge >= 0.3 is 0 Å². The van der Waals surface area contributed by atoms with E-state index in [1.54, 1.807) is 53.7 Å². The summed E-state index contributed by atoms with van der Waals surface area (Å²) in [6.07, 6.45) is 2.48. The van der Waals surface area contributed by atoms with Gasteiger partial charge in [-0.3, -0.25) is 18.6 Å². The summed E-state index contributed by atoms with van der Waals surface area (Å²) < 4.78 is 46.6. The first-order valence-corrected chi connectivity index (χ1v) is 26.2. The molecule has 13 heteroatoms. The first kappa shape index (κ1) is 63.8. The van der Waals surface area contributed by atoms with Crippen molar-refractivity contribution < 1.29 is 45.3 Å². The minimum Gasteiger partial charge on any atom is -0.390 e. The molecule has 0 aliphatic rings. The molecule has 0 bridgehead atoms. The highest BCUT2D eigenvalue weighted by Crippen LogP contribution is 2.28. The van der Waals surface area contributed by atoms with Crippen LogP contribution in [0.4, 0.5) is 0 Å². The smallest absolute Gasteiger partial charge is 0.264 e. The molecule has 0 radical (unpaired) electrons. The maximum absolute atomic E-state index is 12.6. The number of ketones is 4. The first-order valence-electron chi connectivity index (χ1n) is 21.6. The molecule has 3 aromatic carbocycles. The molecular weight excluding hydrogens is 896 g/mol. The molecule has 66 heavy (non-hydrogen) atoms. The lowest BCUT2D eigenvalue weighted by Crippen LogP contribution is -2.39. The van der Waals surface area contributed by atoms with E-state index in [9.17, 15) is 41.1 Å². The topological polar surface area (TPSA) is 166 Å². The Morgan fingerprint density at radius 3 is 0.970 bits per heavy atom. The van der Waals surface area contributed by atoms with Crippen molar-refractivity contribution in [3.05, 3.63) is 123 Å². The summed E-state index contributed by atoms with van der Waals surface area (Å²) in [6.45, 7) is 33.6. The summed E-state index contributed by atoms with van der Waals surface area (Å²) in [6, 6.07) is 22.8.